The van der Waals surface area contributed by atoms with Crippen LogP contribution in [-0.4, -0.2) is 17.0 Å². The van der Waals surface area contributed by atoms with Crippen molar-refractivity contribution in [2.45, 2.75) is 26.3 Å². The lowest BCUT2D eigenvalue weighted by Crippen LogP contribution is -2.19. The lowest BCUT2D eigenvalue weighted by molar-refractivity contribution is 0.853. The number of aromatic nitrogens is 2. The Morgan fingerprint density at radius 1 is 1.11 bits per heavy atom. The summed E-state index contributed by atoms with van der Waals surface area (Å²) in [5.74, 6) is 1.44. The fourth-order valence-electron chi connectivity index (χ4n) is 1.94. The molecule has 0 atom stereocenters. The van der Waals surface area contributed by atoms with Gasteiger partial charge in [0.25, 0.3) is 0 Å². The summed E-state index contributed by atoms with van der Waals surface area (Å²) < 4.78 is 0. The second-order valence-electron chi connectivity index (χ2n) is 4.67. The molecule has 0 aliphatic carbocycles. The van der Waals surface area contributed by atoms with Gasteiger partial charge in [0.2, 0.25) is 0 Å². The van der Waals surface area contributed by atoms with Crippen LogP contribution >= 0.6 is 11.6 Å². The number of rotatable bonds is 4. The molecule has 2 heterocycles. The van der Waals surface area contributed by atoms with Gasteiger partial charge in [-0.25, -0.2) is 4.98 Å². The number of nitrogens with zero attached hydrogens (tertiary/aromatic N) is 3. The lowest BCUT2D eigenvalue weighted by atomic mass is 10.2. The van der Waals surface area contributed by atoms with E-state index in [0.717, 1.165) is 35.0 Å². The summed E-state index contributed by atoms with van der Waals surface area (Å²) in [4.78, 5) is 11.2. The van der Waals surface area contributed by atoms with Crippen molar-refractivity contribution in [3.05, 3.63) is 53.0 Å². The molecule has 2 rings (SSSR count). The van der Waals surface area contributed by atoms with Crippen molar-refractivity contribution >= 4 is 17.4 Å². The van der Waals surface area contributed by atoms with E-state index in [1.807, 2.05) is 51.2 Å². The number of halogens is 1. The Morgan fingerprint density at radius 2 is 1.89 bits per heavy atom. The van der Waals surface area contributed by atoms with E-state index in [-0.39, 0.29) is 0 Å². The van der Waals surface area contributed by atoms with Crippen LogP contribution in [0, 0.1) is 13.8 Å². The Labute approximate surface area is 119 Å². The molecule has 0 radical (unpaired) electrons. The molecule has 2 aromatic rings. The predicted octanol–water partition coefficient (Wildman–Crippen LogP) is 3.47. The number of hydrogen-bond donors (Lipinski definition) is 0. The van der Waals surface area contributed by atoms with Gasteiger partial charge in [-0.15, -0.1) is 11.6 Å². The quantitative estimate of drug-likeness (QED) is 0.800. The average molecular weight is 276 g/mol. The van der Waals surface area contributed by atoms with E-state index < -0.39 is 0 Å². The molecule has 0 bridgehead atoms. The van der Waals surface area contributed by atoms with Gasteiger partial charge in [0.05, 0.1) is 12.2 Å². The predicted molar refractivity (Wildman–Crippen MR) is 79.6 cm³/mol. The highest BCUT2D eigenvalue weighted by molar-refractivity contribution is 6.17. The van der Waals surface area contributed by atoms with E-state index in [9.17, 15) is 0 Å². The van der Waals surface area contributed by atoms with E-state index >= 15 is 0 Å². The maximum atomic E-state index is 5.85. The molecule has 0 fully saturated rings. The molecule has 4 heteroatoms. The van der Waals surface area contributed by atoms with E-state index in [0.29, 0.717) is 5.88 Å². The Kier molecular flexibility index (Phi) is 4.38. The average Bonchev–Trinajstić information content (AvgIpc) is 2.38. The zero-order valence-electron chi connectivity index (χ0n) is 11.5. The maximum absolute atomic E-state index is 5.85. The standard InChI is InChI=1S/C15H18ClN3/c1-11-5-4-6-14(17-11)10-19(3)15-8-7-13(9-16)12(2)18-15/h4-8H,9-10H2,1-3H3. The van der Waals surface area contributed by atoms with Crippen molar-refractivity contribution < 1.29 is 0 Å². The minimum atomic E-state index is 0.502. The topological polar surface area (TPSA) is 29.0 Å². The Bertz CT molecular complexity index is 569. The molecule has 0 amide bonds. The van der Waals surface area contributed by atoms with Crippen LogP contribution in [0.5, 0.6) is 0 Å². The van der Waals surface area contributed by atoms with E-state index in [4.69, 9.17) is 11.6 Å². The van der Waals surface area contributed by atoms with Gasteiger partial charge in [-0.1, -0.05) is 12.1 Å². The fourth-order valence-corrected chi connectivity index (χ4v) is 2.22. The molecule has 19 heavy (non-hydrogen) atoms. The van der Waals surface area contributed by atoms with E-state index in [1.165, 1.54) is 0 Å². The normalized spacial score (nSPS) is 10.5. The minimum Gasteiger partial charge on any atom is -0.354 e. The molecule has 0 aliphatic heterocycles. The van der Waals surface area contributed by atoms with Crippen molar-refractivity contribution in [3.8, 4) is 0 Å². The third kappa shape index (κ3) is 3.44. The molecule has 0 aromatic carbocycles. The first kappa shape index (κ1) is 13.8. The number of alkyl halides is 1. The van der Waals surface area contributed by atoms with Crippen LogP contribution in [0.1, 0.15) is 22.6 Å². The van der Waals surface area contributed by atoms with Crippen LogP contribution in [-0.2, 0) is 12.4 Å². The summed E-state index contributed by atoms with van der Waals surface area (Å²) in [5.41, 5.74) is 4.14. The number of hydrogen-bond acceptors (Lipinski definition) is 3. The van der Waals surface area contributed by atoms with Crippen LogP contribution < -0.4 is 4.90 Å². The van der Waals surface area contributed by atoms with Gasteiger partial charge < -0.3 is 4.90 Å². The van der Waals surface area contributed by atoms with E-state index in [2.05, 4.69) is 14.9 Å². The highest BCUT2D eigenvalue weighted by Gasteiger charge is 2.07. The van der Waals surface area contributed by atoms with Gasteiger partial charge in [-0.3, -0.25) is 4.98 Å². The lowest BCUT2D eigenvalue weighted by Gasteiger charge is -2.19. The minimum absolute atomic E-state index is 0.502. The molecule has 3 nitrogen and oxygen atoms in total. The number of anilines is 1. The third-order valence-electron chi connectivity index (χ3n) is 3.06. The smallest absolute Gasteiger partial charge is 0.128 e. The van der Waals surface area contributed by atoms with Crippen molar-refractivity contribution in [2.24, 2.45) is 0 Å². The first-order chi connectivity index (χ1) is 9.10. The second kappa shape index (κ2) is 6.02. The maximum Gasteiger partial charge on any atom is 0.128 e. The highest BCUT2D eigenvalue weighted by atomic mass is 35.5. The van der Waals surface area contributed by atoms with Crippen LogP contribution in [0.15, 0.2) is 30.3 Å². The van der Waals surface area contributed by atoms with Gasteiger partial charge in [0, 0.05) is 24.3 Å². The zero-order chi connectivity index (χ0) is 13.8. The highest BCUT2D eigenvalue weighted by Crippen LogP contribution is 2.16. The van der Waals surface area contributed by atoms with E-state index in [1.54, 1.807) is 0 Å². The van der Waals surface area contributed by atoms with Crippen molar-refractivity contribution in [1.29, 1.82) is 0 Å². The Hall–Kier alpha value is -1.61. The van der Waals surface area contributed by atoms with Crippen molar-refractivity contribution in [2.75, 3.05) is 11.9 Å². The summed E-state index contributed by atoms with van der Waals surface area (Å²) >= 11 is 5.85. The first-order valence-electron chi connectivity index (χ1n) is 6.26. The van der Waals surface area contributed by atoms with Gasteiger partial charge >= 0.3 is 0 Å². The summed E-state index contributed by atoms with van der Waals surface area (Å²) in [6.07, 6.45) is 0. The summed E-state index contributed by atoms with van der Waals surface area (Å²) in [6, 6.07) is 10.1. The fraction of sp³-hybridized carbons (Fsp3) is 0.333. The molecule has 0 spiro atoms. The summed E-state index contributed by atoms with van der Waals surface area (Å²) in [6.45, 7) is 4.73. The molecule has 2 aromatic heterocycles. The largest absolute Gasteiger partial charge is 0.354 e. The van der Waals surface area contributed by atoms with Crippen molar-refractivity contribution in [3.63, 3.8) is 0 Å². The number of pyridine rings is 2. The van der Waals surface area contributed by atoms with Gasteiger partial charge in [0.15, 0.2) is 0 Å². The molecule has 0 saturated heterocycles. The Morgan fingerprint density at radius 3 is 2.53 bits per heavy atom. The summed E-state index contributed by atoms with van der Waals surface area (Å²) in [7, 11) is 2.02. The van der Waals surface area contributed by atoms with Gasteiger partial charge in [-0.2, -0.15) is 0 Å². The Balaban J connectivity index is 2.15. The SMILES string of the molecule is Cc1cccc(CN(C)c2ccc(CCl)c(C)n2)n1. The summed E-state index contributed by atoms with van der Waals surface area (Å²) in [5, 5.41) is 0. The molecule has 0 unspecified atom stereocenters. The third-order valence-corrected chi connectivity index (χ3v) is 3.35. The molecular formula is C15H18ClN3. The zero-order valence-corrected chi connectivity index (χ0v) is 12.3. The van der Waals surface area contributed by atoms with Crippen molar-refractivity contribution in [1.82, 2.24) is 9.97 Å². The van der Waals surface area contributed by atoms with Crippen LogP contribution in [0.3, 0.4) is 0 Å². The van der Waals surface area contributed by atoms with Gasteiger partial charge in [0.1, 0.15) is 5.82 Å². The molecule has 100 valence electrons. The van der Waals surface area contributed by atoms with Crippen LogP contribution in [0.2, 0.25) is 0 Å². The molecule has 0 aliphatic rings. The molecule has 0 N–H and O–H groups in total. The van der Waals surface area contributed by atoms with Crippen LogP contribution in [0.25, 0.3) is 0 Å². The molecule has 0 saturated carbocycles. The second-order valence-corrected chi connectivity index (χ2v) is 4.94. The first-order valence-corrected chi connectivity index (χ1v) is 6.80. The van der Waals surface area contributed by atoms with Gasteiger partial charge in [-0.05, 0) is 37.6 Å². The number of aryl methyl sites for hydroxylation is 2. The monoisotopic (exact) mass is 275 g/mol. The van der Waals surface area contributed by atoms with Crippen LogP contribution in [0.4, 0.5) is 5.82 Å². The molecular weight excluding hydrogens is 258 g/mol.